The third kappa shape index (κ3) is 15.2. The van der Waals surface area contributed by atoms with Crippen molar-refractivity contribution < 1.29 is 98.7 Å². The Labute approximate surface area is 825 Å². The van der Waals surface area contributed by atoms with Crippen molar-refractivity contribution in [1.29, 1.82) is 0 Å². The topological polar surface area (TPSA) is 16.3 Å². The van der Waals surface area contributed by atoms with E-state index in [-0.39, 0.29) is 10.5 Å². The van der Waals surface area contributed by atoms with Crippen LogP contribution in [-0.4, -0.2) is 9.13 Å². The molecule has 20 aromatic carbocycles. The summed E-state index contributed by atoms with van der Waals surface area (Å²) in [6.07, 6.45) is 0. The lowest BCUT2D eigenvalue weighted by Crippen LogP contribution is -2.10. The van der Waals surface area contributed by atoms with Gasteiger partial charge in [-0.3, -0.25) is 0 Å². The maximum atomic E-state index is 10.2. The minimum atomic E-state index is -1.50. The quantitative estimate of drug-likeness (QED) is 0.0851. The zero-order chi connectivity index (χ0) is 145. The summed E-state index contributed by atoms with van der Waals surface area (Å²) in [6.45, 7) is 0. The lowest BCUT2D eigenvalue weighted by Gasteiger charge is -2.26. The van der Waals surface area contributed by atoms with E-state index in [2.05, 4.69) is 0 Å². The Morgan fingerprint density at radius 3 is 0.895 bits per heavy atom. The number of para-hydroxylation sites is 4. The highest BCUT2D eigenvalue weighted by atomic mass is 15.1. The molecular formula is C120H84N4. The van der Waals surface area contributed by atoms with Gasteiger partial charge in [0.1, 0.15) is 0 Å². The first-order chi connectivity index (χ1) is 91.5. The first kappa shape index (κ1) is 30.7. The van der Waals surface area contributed by atoms with Crippen LogP contribution in [0.4, 0.5) is 34.1 Å². The second-order valence-electron chi connectivity index (χ2n) is 25.9. The number of rotatable bonds is 18. The highest BCUT2D eigenvalue weighted by Crippen LogP contribution is 2.45. The molecule has 0 atom stereocenters. The Bertz CT molecular complexity index is 12000. The van der Waals surface area contributed by atoms with Gasteiger partial charge in [-0.1, -0.05) is 363 Å². The van der Waals surface area contributed by atoms with Gasteiger partial charge < -0.3 is 18.9 Å². The van der Waals surface area contributed by atoms with Crippen LogP contribution >= 0.6 is 0 Å². The summed E-state index contributed by atoms with van der Waals surface area (Å²) in [6, 6.07) is -58.7. The fourth-order valence-corrected chi connectivity index (χ4v) is 13.0. The van der Waals surface area contributed by atoms with E-state index in [0.717, 1.165) is 11.2 Å². The average molecular weight is 1650 g/mol. The Hall–Kier alpha value is -16.4. The van der Waals surface area contributed by atoms with Crippen molar-refractivity contribution in [2.45, 2.75) is 0 Å². The number of fused-ring (bicyclic) bond motifs is 6. The van der Waals surface area contributed by atoms with Crippen LogP contribution in [0, 0.1) is 0 Å². The maximum Gasteiger partial charge on any atom is 0.0651 e. The molecule has 0 bridgehead atoms. The molecule has 0 amide bonds. The smallest absolute Gasteiger partial charge is 0.0651 e. The summed E-state index contributed by atoms with van der Waals surface area (Å²) in [4.78, 5) is 0.580. The molecule has 0 unspecified atom stereocenters. The molecule has 0 saturated carbocycles. The zero-order valence-corrected chi connectivity index (χ0v) is 62.7. The Kier molecular flexibility index (Phi) is 8.36. The minimum absolute atomic E-state index is 0.0586. The van der Waals surface area contributed by atoms with Crippen LogP contribution in [0.15, 0.2) is 508 Å². The van der Waals surface area contributed by atoms with E-state index in [1.807, 2.05) is 53.1 Å². The summed E-state index contributed by atoms with van der Waals surface area (Å²) in [5.41, 5.74) is -25.2. The monoisotopic (exact) mass is 1650 g/mol. The molecule has 584 valence electrons. The maximum absolute atomic E-state index is 10.2. The molecule has 0 fully saturated rings. The van der Waals surface area contributed by atoms with Crippen molar-refractivity contribution in [2.75, 3.05) is 9.80 Å². The number of nitrogens with zero attached hydrogens (tertiary/aromatic N) is 4. The van der Waals surface area contributed by atoms with Crippen LogP contribution in [0.1, 0.15) is 98.7 Å². The summed E-state index contributed by atoms with van der Waals surface area (Å²) in [5.74, 6) is 0. The van der Waals surface area contributed by atoms with E-state index < -0.39 is 602 Å². The van der Waals surface area contributed by atoms with Gasteiger partial charge >= 0.3 is 0 Å². The molecule has 22 aromatic rings. The summed E-state index contributed by atoms with van der Waals surface area (Å²) < 4.78 is 656. The molecule has 0 aliphatic heterocycles. The van der Waals surface area contributed by atoms with Crippen LogP contribution in [-0.2, 0) is 0 Å². The van der Waals surface area contributed by atoms with Gasteiger partial charge in [-0.05, 0) is 256 Å². The number of benzene rings is 20. The van der Waals surface area contributed by atoms with Gasteiger partial charge in [0.2, 0.25) is 0 Å². The molecule has 0 spiro atoms. The molecule has 124 heavy (non-hydrogen) atoms. The van der Waals surface area contributed by atoms with E-state index in [4.69, 9.17) is 52.1 Å². The largest absolute Gasteiger partial charge is 0.310 e. The second kappa shape index (κ2) is 33.8. The van der Waals surface area contributed by atoms with Crippen molar-refractivity contribution in [3.05, 3.63) is 508 Å². The molecule has 0 radical (unpaired) electrons. The molecule has 4 heteroatoms. The van der Waals surface area contributed by atoms with E-state index in [1.165, 1.54) is 6.07 Å². The van der Waals surface area contributed by atoms with Crippen molar-refractivity contribution in [3.8, 4) is 123 Å². The number of anilines is 6. The van der Waals surface area contributed by atoms with E-state index in [9.17, 15) is 46.6 Å². The molecule has 2 aromatic heterocycles. The summed E-state index contributed by atoms with van der Waals surface area (Å²) >= 11 is 0. The van der Waals surface area contributed by atoms with Gasteiger partial charge in [0.25, 0.3) is 0 Å². The average Bonchev–Trinajstić information content (AvgIpc) is 1.36. The second-order valence-corrected chi connectivity index (χ2v) is 25.9. The van der Waals surface area contributed by atoms with E-state index in [1.54, 1.807) is 18.2 Å². The first-order valence-electron chi connectivity index (χ1n) is 72.7. The molecule has 0 saturated heterocycles. The van der Waals surface area contributed by atoms with Gasteiger partial charge in [-0.2, -0.15) is 0 Å². The molecule has 2 heterocycles. The molecule has 4 nitrogen and oxygen atoms in total. The molecule has 0 aliphatic rings. The SMILES string of the molecule is [2H]c1c([2H])c([2H])c(-c2c([2H])c([2H])c(-c3c([2H])c([2H])c(N(c4c([2H])c([2H])c(-c5c([2H])c([2H])c([2H])c(-c6c([2H])c([2H])c([2H])c([2H])c6[2H])c5[2H])c([2H])c4[2H])c4c([2H])c([2H])c([2H])c(-c5c([2H])c([2H])c6c(c5[2H])c5c([2H])c([2H])c([2H])c([2H])c5n6-c5c([2H])c([2H])c([2H])c([2H])c5[2H])c4[2H])c([2H])c3[2H])c([2H])c2[2H])c([2H])c1[2H].[2H]c1c([2H])c([2H])c(-c2c([2H])c([2H])c(-c3c([2H])c([2H])c(N(c4c([2H])c([2H])c(-c5c([2H])c([2H])c([2H])c(-c6c([2H])c([2H])c([2H])c([2H])c6[2H])c5[2H])c([2H])c4[2H])c4c([2H])c([2H])c([2H])c(-c5ccc6c(c5)c5ccccc5n6-c5ccccc5)c4[2H])c([2H])c3[2H])c([2H])c2[2H])c([2H])c1[2H]. The van der Waals surface area contributed by atoms with Crippen LogP contribution in [0.3, 0.4) is 0 Å². The number of hydrogen-bond acceptors (Lipinski definition) is 2. The normalized spacial score (nSPS) is 19.4. The Morgan fingerprint density at radius 1 is 0.153 bits per heavy atom. The van der Waals surface area contributed by atoms with Gasteiger partial charge in [0.05, 0.1) is 121 Å². The standard InChI is InChI=1S/2C60H42N2/c2*1-4-14-43(15-5-1)45-26-28-46(29-27-45)47-30-35-54(36-31-47)61(55-37-32-48(33-38-55)50-19-12-18-49(40-50)44-16-6-2-7-17-44)56-23-13-20-51(41-56)52-34-39-60-58(42-52)57-24-10-11-25-59(57)62(60)53-21-8-3-9-22-53/h2*1-42H/i1D,2D,3D,4D,5D,6D,7D,8D,9D,10D,11D,12D,13D,14D,15D,16D,17D,18D,19D,20D,21D,22D,23D,24D,25D,26D,27D,28D,29D,30D,31D,32D,33D,34D,35D,36D,37D,38D,39D,40D,41D,42D;1D,2D,4D,5D,6D,7D,12D,13D,14D,15D,16D,17D,18D,19D,20D,23D,26D,27D,28D,29D,30D,31D,32D,33D,35D,36D,37D,38D,40D,41D. The Balaban J connectivity index is 0.000000218. The predicted octanol–water partition coefficient (Wildman–Crippen LogP) is 33.2. The minimum Gasteiger partial charge on any atom is -0.310 e. The van der Waals surface area contributed by atoms with Crippen molar-refractivity contribution in [2.24, 2.45) is 0 Å². The highest BCUT2D eigenvalue weighted by molar-refractivity contribution is 6.12. The van der Waals surface area contributed by atoms with Crippen molar-refractivity contribution >= 4 is 77.7 Å². The van der Waals surface area contributed by atoms with Crippen LogP contribution in [0.25, 0.3) is 166 Å². The third-order valence-electron chi connectivity index (χ3n) is 18.6. The van der Waals surface area contributed by atoms with E-state index in [0.29, 0.717) is 25.8 Å². The molecule has 0 N–H and O–H groups in total. The fourth-order valence-electron chi connectivity index (χ4n) is 13.0. The van der Waals surface area contributed by atoms with Crippen molar-refractivity contribution in [1.82, 2.24) is 9.13 Å². The third-order valence-corrected chi connectivity index (χ3v) is 18.6. The van der Waals surface area contributed by atoms with Gasteiger partial charge in [-0.25, -0.2) is 0 Å². The van der Waals surface area contributed by atoms with Crippen LogP contribution in [0.2, 0.25) is 0 Å². The zero-order valence-electron chi connectivity index (χ0n) is 135. The van der Waals surface area contributed by atoms with Crippen LogP contribution < -0.4 is 9.80 Å². The van der Waals surface area contributed by atoms with Gasteiger partial charge in [0, 0.05) is 67.0 Å². The molecular weight excluding hydrogens is 1500 g/mol. The van der Waals surface area contributed by atoms with Gasteiger partial charge in [-0.15, -0.1) is 0 Å². The number of aromatic nitrogens is 2. The fraction of sp³-hybridized carbons (Fsp3) is 0. The predicted molar refractivity (Wildman–Crippen MR) is 525 cm³/mol. The summed E-state index contributed by atoms with van der Waals surface area (Å²) in [5, 5.41) is -0.286. The van der Waals surface area contributed by atoms with Gasteiger partial charge in [0.15, 0.2) is 0 Å². The van der Waals surface area contributed by atoms with Crippen LogP contribution in [0.5, 0.6) is 0 Å². The first-order valence-corrected chi connectivity index (χ1v) is 36.7. The van der Waals surface area contributed by atoms with E-state index >= 15 is 0 Å². The summed E-state index contributed by atoms with van der Waals surface area (Å²) in [7, 11) is 0. The lowest BCUT2D eigenvalue weighted by atomic mass is 9.98. The highest BCUT2D eigenvalue weighted by Gasteiger charge is 2.21. The Morgan fingerprint density at radius 2 is 0.452 bits per heavy atom. The molecule has 0 aliphatic carbocycles. The number of hydrogen-bond donors (Lipinski definition) is 0. The lowest BCUT2D eigenvalue weighted by molar-refractivity contribution is 1.18. The molecule has 22 rings (SSSR count). The van der Waals surface area contributed by atoms with Crippen molar-refractivity contribution in [3.63, 3.8) is 0 Å².